The Labute approximate surface area is 182 Å². The smallest absolute Gasteiger partial charge is 0.266 e. The minimum absolute atomic E-state index is 0.0381. The van der Waals surface area contributed by atoms with Crippen molar-refractivity contribution < 1.29 is 9.18 Å². The Bertz CT molecular complexity index is 1290. The Kier molecular flexibility index (Phi) is 6.13. The molecule has 156 valence electrons. The number of carbonyl (C=O) groups is 1. The Morgan fingerprint density at radius 1 is 1.03 bits per heavy atom. The number of thioether (sulfide) groups is 1. The molecule has 4 aromatic rings. The van der Waals surface area contributed by atoms with E-state index in [1.165, 1.54) is 16.7 Å². The van der Waals surface area contributed by atoms with Crippen molar-refractivity contribution in [3.05, 3.63) is 101 Å². The van der Waals surface area contributed by atoms with Crippen LogP contribution in [0.3, 0.4) is 0 Å². The van der Waals surface area contributed by atoms with Gasteiger partial charge in [-0.3, -0.25) is 14.2 Å². The van der Waals surface area contributed by atoms with Gasteiger partial charge in [-0.1, -0.05) is 66.4 Å². The summed E-state index contributed by atoms with van der Waals surface area (Å²) in [5.41, 5.74) is 1.22. The summed E-state index contributed by atoms with van der Waals surface area (Å²) in [5, 5.41) is 3.59. The van der Waals surface area contributed by atoms with Crippen LogP contribution in [0.25, 0.3) is 16.6 Å². The van der Waals surface area contributed by atoms with Crippen LogP contribution in [0.5, 0.6) is 0 Å². The number of hydrogen-bond acceptors (Lipinski definition) is 4. The lowest BCUT2D eigenvalue weighted by molar-refractivity contribution is -0.119. The molecule has 0 saturated carbocycles. The molecule has 0 unspecified atom stereocenters. The van der Waals surface area contributed by atoms with Crippen LogP contribution in [0.1, 0.15) is 18.5 Å². The quantitative estimate of drug-likeness (QED) is 0.359. The molecule has 0 radical (unpaired) electrons. The number of carbonyl (C=O) groups excluding carboxylic acids is 1. The molecule has 1 heterocycles. The zero-order valence-electron chi connectivity index (χ0n) is 16.8. The fourth-order valence-electron chi connectivity index (χ4n) is 3.29. The van der Waals surface area contributed by atoms with Gasteiger partial charge in [-0.2, -0.15) is 0 Å². The van der Waals surface area contributed by atoms with Crippen molar-refractivity contribution in [2.45, 2.75) is 18.1 Å². The Hall–Kier alpha value is -3.45. The highest BCUT2D eigenvalue weighted by Gasteiger charge is 2.17. The molecule has 31 heavy (non-hydrogen) atoms. The number of nitrogens with zero attached hydrogens (tertiary/aromatic N) is 2. The van der Waals surface area contributed by atoms with Crippen molar-refractivity contribution in [1.82, 2.24) is 14.9 Å². The number of benzene rings is 3. The highest BCUT2D eigenvalue weighted by molar-refractivity contribution is 7.99. The number of amides is 1. The van der Waals surface area contributed by atoms with E-state index >= 15 is 0 Å². The van der Waals surface area contributed by atoms with Crippen LogP contribution >= 0.6 is 11.8 Å². The SMILES string of the molecule is C[C@H](NC(=O)CSc1nc2ccccc2c(=O)n1-c1ccccc1F)c1ccccc1. The van der Waals surface area contributed by atoms with Gasteiger partial charge in [0, 0.05) is 0 Å². The maximum Gasteiger partial charge on any atom is 0.266 e. The number of nitrogens with one attached hydrogen (secondary N) is 1. The van der Waals surface area contributed by atoms with Crippen molar-refractivity contribution in [3.63, 3.8) is 0 Å². The van der Waals surface area contributed by atoms with Gasteiger partial charge in [0.25, 0.3) is 5.56 Å². The Morgan fingerprint density at radius 3 is 2.48 bits per heavy atom. The zero-order chi connectivity index (χ0) is 21.8. The summed E-state index contributed by atoms with van der Waals surface area (Å²) in [6, 6.07) is 22.4. The summed E-state index contributed by atoms with van der Waals surface area (Å²) in [5.74, 6) is -0.703. The second kappa shape index (κ2) is 9.14. The first-order chi connectivity index (χ1) is 15.0. The third-order valence-corrected chi connectivity index (χ3v) is 5.79. The fraction of sp³-hybridized carbons (Fsp3) is 0.125. The molecule has 1 N–H and O–H groups in total. The van der Waals surface area contributed by atoms with E-state index in [1.54, 1.807) is 36.4 Å². The van der Waals surface area contributed by atoms with Crippen molar-refractivity contribution in [2.24, 2.45) is 0 Å². The summed E-state index contributed by atoms with van der Waals surface area (Å²) >= 11 is 1.10. The normalized spacial score (nSPS) is 11.9. The zero-order valence-corrected chi connectivity index (χ0v) is 17.6. The minimum atomic E-state index is -0.536. The first kappa shape index (κ1) is 20.8. The second-order valence-corrected chi connectivity index (χ2v) is 7.93. The van der Waals surface area contributed by atoms with Crippen LogP contribution in [-0.4, -0.2) is 21.2 Å². The van der Waals surface area contributed by atoms with Gasteiger partial charge < -0.3 is 5.32 Å². The number of para-hydroxylation sites is 2. The lowest BCUT2D eigenvalue weighted by Gasteiger charge is -2.16. The number of aromatic nitrogens is 2. The van der Waals surface area contributed by atoms with Gasteiger partial charge in [-0.25, -0.2) is 9.37 Å². The van der Waals surface area contributed by atoms with Crippen LogP contribution < -0.4 is 10.9 Å². The van der Waals surface area contributed by atoms with Crippen LogP contribution in [0.4, 0.5) is 4.39 Å². The average molecular weight is 434 g/mol. The topological polar surface area (TPSA) is 64.0 Å². The first-order valence-electron chi connectivity index (χ1n) is 9.78. The third kappa shape index (κ3) is 4.51. The second-order valence-electron chi connectivity index (χ2n) is 6.99. The molecule has 1 aromatic heterocycles. The van der Waals surface area contributed by atoms with Crippen molar-refractivity contribution >= 4 is 28.6 Å². The van der Waals surface area contributed by atoms with Gasteiger partial charge in [0.05, 0.1) is 28.4 Å². The average Bonchev–Trinajstić information content (AvgIpc) is 2.79. The number of halogens is 1. The van der Waals surface area contributed by atoms with Gasteiger partial charge in [-0.15, -0.1) is 0 Å². The Morgan fingerprint density at radius 2 is 1.71 bits per heavy atom. The number of hydrogen-bond donors (Lipinski definition) is 1. The predicted octanol–water partition coefficient (Wildman–Crippen LogP) is 4.49. The number of rotatable bonds is 6. The maximum atomic E-state index is 14.5. The van der Waals surface area contributed by atoms with E-state index in [2.05, 4.69) is 10.3 Å². The van der Waals surface area contributed by atoms with Gasteiger partial charge in [0.1, 0.15) is 5.82 Å². The molecule has 0 fully saturated rings. The molecule has 0 bridgehead atoms. The molecule has 0 spiro atoms. The highest BCUT2D eigenvalue weighted by atomic mass is 32.2. The molecule has 4 rings (SSSR count). The molecule has 0 aliphatic heterocycles. The molecular formula is C24H20FN3O2S. The molecule has 5 nitrogen and oxygen atoms in total. The maximum absolute atomic E-state index is 14.5. The summed E-state index contributed by atoms with van der Waals surface area (Å²) in [4.78, 5) is 30.2. The molecular weight excluding hydrogens is 413 g/mol. The molecule has 0 aliphatic rings. The van der Waals surface area contributed by atoms with Gasteiger partial charge >= 0.3 is 0 Å². The largest absolute Gasteiger partial charge is 0.349 e. The van der Waals surface area contributed by atoms with E-state index in [0.29, 0.717) is 10.9 Å². The van der Waals surface area contributed by atoms with Gasteiger partial charge in [-0.05, 0) is 36.8 Å². The molecule has 3 aromatic carbocycles. The fourth-order valence-corrected chi connectivity index (χ4v) is 4.11. The molecule has 0 saturated heterocycles. The molecule has 7 heteroatoms. The standard InChI is InChI=1S/C24H20FN3O2S/c1-16(17-9-3-2-4-10-17)26-22(29)15-31-24-27-20-13-7-5-11-18(20)23(30)28(24)21-14-8-6-12-19(21)25/h2-14,16H,15H2,1H3,(H,26,29)/t16-/m0/s1. The van der Waals surface area contributed by atoms with E-state index in [4.69, 9.17) is 0 Å². The summed E-state index contributed by atoms with van der Waals surface area (Å²) in [7, 11) is 0. The summed E-state index contributed by atoms with van der Waals surface area (Å²) in [6.07, 6.45) is 0. The lowest BCUT2D eigenvalue weighted by atomic mass is 10.1. The van der Waals surface area contributed by atoms with Crippen molar-refractivity contribution in [2.75, 3.05) is 5.75 Å². The van der Waals surface area contributed by atoms with Crippen LogP contribution in [0.2, 0.25) is 0 Å². The van der Waals surface area contributed by atoms with E-state index < -0.39 is 5.82 Å². The Balaban J connectivity index is 1.64. The first-order valence-corrected chi connectivity index (χ1v) is 10.8. The van der Waals surface area contributed by atoms with Crippen molar-refractivity contribution in [3.8, 4) is 5.69 Å². The molecule has 1 atom stereocenters. The monoisotopic (exact) mass is 433 g/mol. The van der Waals surface area contributed by atoms with Crippen LogP contribution in [0.15, 0.2) is 88.8 Å². The van der Waals surface area contributed by atoms with E-state index in [0.717, 1.165) is 17.3 Å². The van der Waals surface area contributed by atoms with E-state index in [1.807, 2.05) is 37.3 Å². The summed E-state index contributed by atoms with van der Waals surface area (Å²) in [6.45, 7) is 1.90. The van der Waals surface area contributed by atoms with E-state index in [-0.39, 0.29) is 34.1 Å². The third-order valence-electron chi connectivity index (χ3n) is 4.85. The lowest BCUT2D eigenvalue weighted by Crippen LogP contribution is -2.29. The van der Waals surface area contributed by atoms with Gasteiger partial charge in [0.15, 0.2) is 5.16 Å². The molecule has 0 aliphatic carbocycles. The highest BCUT2D eigenvalue weighted by Crippen LogP contribution is 2.23. The van der Waals surface area contributed by atoms with E-state index in [9.17, 15) is 14.0 Å². The minimum Gasteiger partial charge on any atom is -0.349 e. The number of fused-ring (bicyclic) bond motifs is 1. The van der Waals surface area contributed by atoms with Crippen LogP contribution in [0, 0.1) is 5.82 Å². The van der Waals surface area contributed by atoms with Crippen molar-refractivity contribution in [1.29, 1.82) is 0 Å². The summed E-state index contributed by atoms with van der Waals surface area (Å²) < 4.78 is 15.8. The van der Waals surface area contributed by atoms with Gasteiger partial charge in [0.2, 0.25) is 5.91 Å². The van der Waals surface area contributed by atoms with Crippen LogP contribution in [-0.2, 0) is 4.79 Å². The molecule has 1 amide bonds. The predicted molar refractivity (Wildman–Crippen MR) is 121 cm³/mol.